The summed E-state index contributed by atoms with van der Waals surface area (Å²) in [6, 6.07) is 7.52. The Bertz CT molecular complexity index is 474. The third-order valence-electron chi connectivity index (χ3n) is 5.17. The molecule has 3 rings (SSSR count). The van der Waals surface area contributed by atoms with Crippen LogP contribution in [0.5, 0.6) is 5.75 Å². The predicted octanol–water partition coefficient (Wildman–Crippen LogP) is 3.06. The van der Waals surface area contributed by atoms with Crippen LogP contribution in [0, 0.1) is 13.8 Å². The van der Waals surface area contributed by atoms with Crippen LogP contribution in [0.4, 0.5) is 0 Å². The highest BCUT2D eigenvalue weighted by molar-refractivity contribution is 5.33. The van der Waals surface area contributed by atoms with E-state index in [1.54, 1.807) is 0 Å². The Morgan fingerprint density at radius 1 is 1.14 bits per heavy atom. The van der Waals surface area contributed by atoms with Gasteiger partial charge in [-0.25, -0.2) is 0 Å². The molecule has 0 aromatic heterocycles. The Morgan fingerprint density at radius 3 is 2.52 bits per heavy atom. The number of aliphatic hydroxyl groups excluding tert-OH is 1. The van der Waals surface area contributed by atoms with Crippen LogP contribution in [0.15, 0.2) is 18.2 Å². The van der Waals surface area contributed by atoms with Crippen LogP contribution in [-0.2, 0) is 0 Å². The standard InChI is InChI=1S/C18H27NO2/c1-13-4-7-18(10-14(13)2)21-9-3-8-19-15-5-6-16(19)12-17(20)11-15/h4,7,10,15-17,20H,3,5-6,8-9,11-12H2,1-2H3. The fourth-order valence-electron chi connectivity index (χ4n) is 3.85. The number of benzene rings is 1. The fraction of sp³-hybridized carbons (Fsp3) is 0.667. The summed E-state index contributed by atoms with van der Waals surface area (Å²) < 4.78 is 5.87. The number of piperidine rings is 1. The first kappa shape index (κ1) is 14.9. The number of rotatable bonds is 5. The Labute approximate surface area is 127 Å². The summed E-state index contributed by atoms with van der Waals surface area (Å²) in [5.74, 6) is 0.982. The quantitative estimate of drug-likeness (QED) is 0.846. The molecule has 2 aliphatic heterocycles. The molecule has 116 valence electrons. The van der Waals surface area contributed by atoms with Gasteiger partial charge in [0, 0.05) is 18.6 Å². The predicted molar refractivity (Wildman–Crippen MR) is 84.8 cm³/mol. The zero-order chi connectivity index (χ0) is 14.8. The van der Waals surface area contributed by atoms with Crippen LogP contribution < -0.4 is 4.74 Å². The Kier molecular flexibility index (Phi) is 4.51. The van der Waals surface area contributed by atoms with E-state index >= 15 is 0 Å². The van der Waals surface area contributed by atoms with Gasteiger partial charge in [-0.3, -0.25) is 4.90 Å². The molecule has 21 heavy (non-hydrogen) atoms. The van der Waals surface area contributed by atoms with Crippen LogP contribution in [0.25, 0.3) is 0 Å². The monoisotopic (exact) mass is 289 g/mol. The van der Waals surface area contributed by atoms with Gasteiger partial charge in [0.2, 0.25) is 0 Å². The molecule has 0 saturated carbocycles. The van der Waals surface area contributed by atoms with Crippen molar-refractivity contribution in [3.05, 3.63) is 29.3 Å². The summed E-state index contributed by atoms with van der Waals surface area (Å²) in [6.45, 7) is 6.13. The van der Waals surface area contributed by atoms with Gasteiger partial charge in [-0.1, -0.05) is 6.07 Å². The van der Waals surface area contributed by atoms with Gasteiger partial charge in [-0.05, 0) is 69.2 Å². The van der Waals surface area contributed by atoms with E-state index in [1.807, 2.05) is 0 Å². The molecule has 3 nitrogen and oxygen atoms in total. The molecule has 0 aliphatic carbocycles. The van der Waals surface area contributed by atoms with Gasteiger partial charge >= 0.3 is 0 Å². The normalized spacial score (nSPS) is 28.8. The van der Waals surface area contributed by atoms with E-state index < -0.39 is 0 Å². The van der Waals surface area contributed by atoms with Crippen LogP contribution in [0.2, 0.25) is 0 Å². The minimum Gasteiger partial charge on any atom is -0.494 e. The lowest BCUT2D eigenvalue weighted by Gasteiger charge is -2.37. The summed E-state index contributed by atoms with van der Waals surface area (Å²) in [4.78, 5) is 2.61. The number of ether oxygens (including phenoxy) is 1. The van der Waals surface area contributed by atoms with Gasteiger partial charge < -0.3 is 9.84 Å². The summed E-state index contributed by atoms with van der Waals surface area (Å²) >= 11 is 0. The molecule has 2 aliphatic rings. The molecule has 2 heterocycles. The summed E-state index contributed by atoms with van der Waals surface area (Å²) in [5.41, 5.74) is 2.60. The van der Waals surface area contributed by atoms with Gasteiger partial charge in [0.1, 0.15) is 5.75 Å². The Morgan fingerprint density at radius 2 is 1.86 bits per heavy atom. The number of hydrogen-bond donors (Lipinski definition) is 1. The number of aliphatic hydroxyl groups is 1. The maximum Gasteiger partial charge on any atom is 0.119 e. The topological polar surface area (TPSA) is 32.7 Å². The molecule has 2 bridgehead atoms. The number of aryl methyl sites for hydroxylation is 2. The molecule has 2 unspecified atom stereocenters. The zero-order valence-electron chi connectivity index (χ0n) is 13.2. The Balaban J connectivity index is 1.43. The molecule has 0 radical (unpaired) electrons. The second-order valence-electron chi connectivity index (χ2n) is 6.70. The van der Waals surface area contributed by atoms with Gasteiger partial charge in [0.25, 0.3) is 0 Å². The summed E-state index contributed by atoms with van der Waals surface area (Å²) in [7, 11) is 0. The minimum absolute atomic E-state index is 0.0643. The van der Waals surface area contributed by atoms with Crippen LogP contribution in [-0.4, -0.2) is 41.3 Å². The lowest BCUT2D eigenvalue weighted by molar-refractivity contribution is 0.0331. The molecule has 2 atom stereocenters. The maximum absolute atomic E-state index is 9.83. The molecule has 1 aromatic carbocycles. The average Bonchev–Trinajstić information content (AvgIpc) is 2.69. The van der Waals surface area contributed by atoms with Crippen molar-refractivity contribution in [3.8, 4) is 5.75 Å². The van der Waals surface area contributed by atoms with Gasteiger partial charge in [0.15, 0.2) is 0 Å². The van der Waals surface area contributed by atoms with E-state index in [1.165, 1.54) is 24.0 Å². The van der Waals surface area contributed by atoms with Crippen molar-refractivity contribution in [1.82, 2.24) is 4.90 Å². The largest absolute Gasteiger partial charge is 0.494 e. The van der Waals surface area contributed by atoms with Crippen molar-refractivity contribution >= 4 is 0 Å². The third kappa shape index (κ3) is 3.41. The van der Waals surface area contributed by atoms with E-state index in [9.17, 15) is 5.11 Å². The van der Waals surface area contributed by atoms with E-state index in [2.05, 4.69) is 36.9 Å². The van der Waals surface area contributed by atoms with Crippen LogP contribution >= 0.6 is 0 Å². The molecule has 2 fully saturated rings. The van der Waals surface area contributed by atoms with Crippen molar-refractivity contribution in [1.29, 1.82) is 0 Å². The first-order valence-electron chi connectivity index (χ1n) is 8.27. The van der Waals surface area contributed by atoms with E-state index in [4.69, 9.17) is 4.74 Å². The molecule has 1 aromatic rings. The van der Waals surface area contributed by atoms with Crippen molar-refractivity contribution in [2.75, 3.05) is 13.2 Å². The highest BCUT2D eigenvalue weighted by Gasteiger charge is 2.39. The average molecular weight is 289 g/mol. The van der Waals surface area contributed by atoms with Crippen LogP contribution in [0.3, 0.4) is 0 Å². The van der Waals surface area contributed by atoms with Crippen LogP contribution in [0.1, 0.15) is 43.2 Å². The van der Waals surface area contributed by atoms with E-state index in [0.717, 1.165) is 38.2 Å². The molecule has 3 heteroatoms. The molecule has 2 saturated heterocycles. The first-order valence-corrected chi connectivity index (χ1v) is 8.27. The van der Waals surface area contributed by atoms with Gasteiger partial charge in [-0.15, -0.1) is 0 Å². The van der Waals surface area contributed by atoms with Crippen molar-refractivity contribution in [2.45, 2.75) is 64.1 Å². The zero-order valence-corrected chi connectivity index (χ0v) is 13.2. The molecular weight excluding hydrogens is 262 g/mol. The van der Waals surface area contributed by atoms with Crippen molar-refractivity contribution in [2.24, 2.45) is 0 Å². The van der Waals surface area contributed by atoms with Gasteiger partial charge in [-0.2, -0.15) is 0 Å². The smallest absolute Gasteiger partial charge is 0.119 e. The van der Waals surface area contributed by atoms with E-state index in [0.29, 0.717) is 12.1 Å². The summed E-state index contributed by atoms with van der Waals surface area (Å²) in [5, 5.41) is 9.83. The molecule has 1 N–H and O–H groups in total. The lowest BCUT2D eigenvalue weighted by atomic mass is 10.00. The SMILES string of the molecule is Cc1ccc(OCCCN2C3CCC2CC(O)C3)cc1C. The van der Waals surface area contributed by atoms with E-state index in [-0.39, 0.29) is 6.10 Å². The van der Waals surface area contributed by atoms with Crippen molar-refractivity contribution in [3.63, 3.8) is 0 Å². The van der Waals surface area contributed by atoms with Crippen molar-refractivity contribution < 1.29 is 9.84 Å². The Hall–Kier alpha value is -1.06. The first-order chi connectivity index (χ1) is 10.1. The second-order valence-corrected chi connectivity index (χ2v) is 6.70. The molecule has 0 spiro atoms. The minimum atomic E-state index is -0.0643. The maximum atomic E-state index is 9.83. The lowest BCUT2D eigenvalue weighted by Crippen LogP contribution is -2.45. The second kappa shape index (κ2) is 6.37. The highest BCUT2D eigenvalue weighted by Crippen LogP contribution is 2.35. The highest BCUT2D eigenvalue weighted by atomic mass is 16.5. The summed E-state index contributed by atoms with van der Waals surface area (Å²) in [6.07, 6.45) is 5.46. The third-order valence-corrected chi connectivity index (χ3v) is 5.17. The molecular formula is C18H27NO2. The van der Waals surface area contributed by atoms with Gasteiger partial charge in [0.05, 0.1) is 12.7 Å². The number of nitrogens with zero attached hydrogens (tertiary/aromatic N) is 1. The molecule has 0 amide bonds. The fourth-order valence-corrected chi connectivity index (χ4v) is 3.85. The number of fused-ring (bicyclic) bond motifs is 2. The number of hydrogen-bond acceptors (Lipinski definition) is 3.